The van der Waals surface area contributed by atoms with E-state index in [4.69, 9.17) is 19.3 Å². The number of methoxy groups -OCH3 is 3. The number of hydrogen-bond acceptors (Lipinski definition) is 9. The third-order valence-electron chi connectivity index (χ3n) is 5.02. The normalized spacial score (nSPS) is 10.5. The van der Waals surface area contributed by atoms with Gasteiger partial charge in [0.25, 0.3) is 0 Å². The number of ketones is 2. The molecule has 3 aromatic carbocycles. The van der Waals surface area contributed by atoms with Gasteiger partial charge in [0.2, 0.25) is 0 Å². The highest BCUT2D eigenvalue weighted by Crippen LogP contribution is 2.28. The van der Waals surface area contributed by atoms with E-state index in [0.717, 1.165) is 0 Å². The lowest BCUT2D eigenvalue weighted by molar-refractivity contribution is -0.121. The molecule has 0 unspecified atom stereocenters. The van der Waals surface area contributed by atoms with Crippen LogP contribution in [-0.4, -0.2) is 54.5 Å². The molecule has 0 fully saturated rings. The average molecular weight is 521 g/mol. The zero-order chi connectivity index (χ0) is 28.1. The molecule has 0 atom stereocenters. The maximum atomic E-state index is 11.9. The van der Waals surface area contributed by atoms with Crippen LogP contribution in [0.15, 0.2) is 66.7 Å². The number of carbonyl (C=O) groups is 3. The number of rotatable bonds is 10. The second-order valence-corrected chi connectivity index (χ2v) is 7.69. The molecule has 3 N–H and O–H groups in total. The summed E-state index contributed by atoms with van der Waals surface area (Å²) in [6, 6.07) is 13.8. The second kappa shape index (κ2) is 14.5. The lowest BCUT2D eigenvalue weighted by atomic mass is 10.1. The first kappa shape index (κ1) is 29.2. The van der Waals surface area contributed by atoms with Gasteiger partial charge in [0.05, 0.1) is 27.8 Å². The number of allylic oxidation sites excluding steroid dienone is 2. The minimum atomic E-state index is -0.347. The van der Waals surface area contributed by atoms with Gasteiger partial charge in [-0.2, -0.15) is 0 Å². The maximum Gasteiger partial charge on any atom is 0.163 e. The van der Waals surface area contributed by atoms with E-state index < -0.39 is 0 Å². The average Bonchev–Trinajstić information content (AvgIpc) is 2.92. The zero-order valence-corrected chi connectivity index (χ0v) is 21.1. The van der Waals surface area contributed by atoms with Crippen LogP contribution < -0.4 is 14.2 Å². The van der Waals surface area contributed by atoms with Crippen molar-refractivity contribution >= 4 is 30.0 Å². The van der Waals surface area contributed by atoms with E-state index in [1.165, 1.54) is 63.8 Å². The van der Waals surface area contributed by atoms with Crippen LogP contribution in [0.3, 0.4) is 0 Å². The minimum Gasteiger partial charge on any atom is -0.504 e. The van der Waals surface area contributed by atoms with Gasteiger partial charge < -0.3 is 29.5 Å². The Bertz CT molecular complexity index is 1270. The minimum absolute atomic E-state index is 0.00662. The summed E-state index contributed by atoms with van der Waals surface area (Å²) in [6.07, 6.45) is 6.14. The number of aromatic hydroxyl groups is 3. The van der Waals surface area contributed by atoms with E-state index in [1.807, 2.05) is 0 Å². The zero-order valence-electron chi connectivity index (χ0n) is 21.1. The molecule has 198 valence electrons. The Labute approximate surface area is 219 Å². The third-order valence-corrected chi connectivity index (χ3v) is 5.02. The molecule has 0 saturated heterocycles. The summed E-state index contributed by atoms with van der Waals surface area (Å²) in [7, 11) is 4.30. The molecule has 0 radical (unpaired) electrons. The number of carbonyl (C=O) groups excluding carboxylic acids is 3. The van der Waals surface area contributed by atoms with Crippen LogP contribution in [0.25, 0.3) is 12.2 Å². The topological polar surface area (TPSA) is 140 Å². The van der Waals surface area contributed by atoms with Gasteiger partial charge in [0, 0.05) is 5.56 Å². The number of aldehydes is 1. The van der Waals surface area contributed by atoms with Crippen molar-refractivity contribution in [1.29, 1.82) is 0 Å². The molecule has 38 heavy (non-hydrogen) atoms. The fourth-order valence-corrected chi connectivity index (χ4v) is 3.03. The summed E-state index contributed by atoms with van der Waals surface area (Å²) in [5.74, 6) is 0.271. The molecule has 0 aliphatic carbocycles. The monoisotopic (exact) mass is 520 g/mol. The molecule has 0 aliphatic rings. The Morgan fingerprint density at radius 2 is 0.974 bits per heavy atom. The number of phenols is 3. The van der Waals surface area contributed by atoms with Gasteiger partial charge in [-0.25, -0.2) is 0 Å². The van der Waals surface area contributed by atoms with Crippen molar-refractivity contribution in [2.45, 2.75) is 6.42 Å². The Kier molecular flexibility index (Phi) is 11.1. The molecule has 0 bridgehead atoms. The van der Waals surface area contributed by atoms with Crippen LogP contribution in [0.5, 0.6) is 34.5 Å². The molecule has 0 aromatic heterocycles. The van der Waals surface area contributed by atoms with E-state index in [1.54, 1.807) is 36.4 Å². The first-order valence-electron chi connectivity index (χ1n) is 11.2. The second-order valence-electron chi connectivity index (χ2n) is 7.69. The highest BCUT2D eigenvalue weighted by atomic mass is 16.5. The Morgan fingerprint density at radius 3 is 1.32 bits per heavy atom. The van der Waals surface area contributed by atoms with E-state index in [0.29, 0.717) is 40.2 Å². The van der Waals surface area contributed by atoms with Gasteiger partial charge in [-0.05, 0) is 65.7 Å². The SMILES string of the molecule is COc1cc(C=CC(=O)CC(=O)C=Cc2ccc(O)c(OC)c2)ccc1O.COc1cc(C=O)ccc1O. The molecular formula is C29H28O9. The van der Waals surface area contributed by atoms with E-state index in [2.05, 4.69) is 0 Å². The molecule has 9 heteroatoms. The van der Waals surface area contributed by atoms with Crippen molar-refractivity contribution in [3.8, 4) is 34.5 Å². The van der Waals surface area contributed by atoms with Crippen LogP contribution in [0, 0.1) is 0 Å². The van der Waals surface area contributed by atoms with E-state index in [9.17, 15) is 24.6 Å². The number of phenolic OH excluding ortho intramolecular Hbond substituents is 3. The van der Waals surface area contributed by atoms with Gasteiger partial charge in [0.15, 0.2) is 46.1 Å². The summed E-state index contributed by atoms with van der Waals surface area (Å²) in [6.45, 7) is 0. The molecule has 9 nitrogen and oxygen atoms in total. The summed E-state index contributed by atoms with van der Waals surface area (Å²) >= 11 is 0. The van der Waals surface area contributed by atoms with Crippen molar-refractivity contribution in [2.75, 3.05) is 21.3 Å². The molecule has 3 aromatic rings. The summed E-state index contributed by atoms with van der Waals surface area (Å²) in [5, 5.41) is 28.2. The number of benzene rings is 3. The molecule has 0 saturated carbocycles. The van der Waals surface area contributed by atoms with Crippen molar-refractivity contribution < 1.29 is 43.9 Å². The Morgan fingerprint density at radius 1 is 0.632 bits per heavy atom. The number of hydrogen-bond donors (Lipinski definition) is 3. The van der Waals surface area contributed by atoms with Gasteiger partial charge in [0.1, 0.15) is 6.29 Å². The van der Waals surface area contributed by atoms with Gasteiger partial charge >= 0.3 is 0 Å². The fraction of sp³-hybridized carbons (Fsp3) is 0.138. The lowest BCUT2D eigenvalue weighted by Gasteiger charge is -2.03. The van der Waals surface area contributed by atoms with Crippen molar-refractivity contribution in [2.24, 2.45) is 0 Å². The van der Waals surface area contributed by atoms with Crippen LogP contribution in [0.2, 0.25) is 0 Å². The summed E-state index contributed by atoms with van der Waals surface area (Å²) in [4.78, 5) is 34.1. The predicted octanol–water partition coefficient (Wildman–Crippen LogP) is 4.58. The van der Waals surface area contributed by atoms with Gasteiger partial charge in [-0.15, -0.1) is 0 Å². The van der Waals surface area contributed by atoms with Crippen LogP contribution in [0.4, 0.5) is 0 Å². The molecule has 0 spiro atoms. The standard InChI is InChI=1S/C21H20O6.C8H8O3/c1-26-20-11-14(5-9-18(20)24)3-7-16(22)13-17(23)8-4-15-6-10-19(25)21(12-15)27-2;1-11-8-4-6(5-9)2-3-7(8)10/h3-12,24-25H,13H2,1-2H3;2-5,10H,1H3. The van der Waals surface area contributed by atoms with Crippen molar-refractivity contribution in [1.82, 2.24) is 0 Å². The predicted molar refractivity (Wildman–Crippen MR) is 142 cm³/mol. The Hall–Kier alpha value is -5.05. The van der Waals surface area contributed by atoms with Gasteiger partial charge in [-0.1, -0.05) is 24.3 Å². The van der Waals surface area contributed by atoms with Crippen LogP contribution in [0.1, 0.15) is 27.9 Å². The molecule has 0 aliphatic heterocycles. The lowest BCUT2D eigenvalue weighted by Crippen LogP contribution is -2.01. The molecular weight excluding hydrogens is 492 g/mol. The summed E-state index contributed by atoms with van der Waals surface area (Å²) < 4.78 is 14.8. The molecule has 0 amide bonds. The summed E-state index contributed by atoms with van der Waals surface area (Å²) in [5.41, 5.74) is 1.81. The highest BCUT2D eigenvalue weighted by Gasteiger charge is 2.06. The van der Waals surface area contributed by atoms with Crippen molar-refractivity contribution in [3.63, 3.8) is 0 Å². The van der Waals surface area contributed by atoms with Crippen molar-refractivity contribution in [3.05, 3.63) is 83.4 Å². The largest absolute Gasteiger partial charge is 0.504 e. The van der Waals surface area contributed by atoms with E-state index in [-0.39, 0.29) is 35.2 Å². The highest BCUT2D eigenvalue weighted by molar-refractivity contribution is 6.10. The smallest absolute Gasteiger partial charge is 0.163 e. The number of ether oxygens (including phenoxy) is 3. The molecule has 3 rings (SSSR count). The molecule has 0 heterocycles. The first-order valence-corrected chi connectivity index (χ1v) is 11.2. The first-order chi connectivity index (χ1) is 18.2. The van der Waals surface area contributed by atoms with E-state index >= 15 is 0 Å². The maximum absolute atomic E-state index is 11.9. The van der Waals surface area contributed by atoms with Gasteiger partial charge in [-0.3, -0.25) is 14.4 Å². The quantitative estimate of drug-likeness (QED) is 0.199. The van der Waals surface area contributed by atoms with Crippen LogP contribution >= 0.6 is 0 Å². The fourth-order valence-electron chi connectivity index (χ4n) is 3.03. The third kappa shape index (κ3) is 8.87. The Balaban J connectivity index is 0.000000384. The van der Waals surface area contributed by atoms with Crippen LogP contribution in [-0.2, 0) is 9.59 Å².